The molecule has 4 saturated carbocycles. The van der Waals surface area contributed by atoms with Crippen LogP contribution in [-0.4, -0.2) is 32.6 Å². The van der Waals surface area contributed by atoms with Gasteiger partial charge in [-0.2, -0.15) is 0 Å². The summed E-state index contributed by atoms with van der Waals surface area (Å²) in [4.78, 5) is 0. The van der Waals surface area contributed by atoms with Crippen LogP contribution in [0.2, 0.25) is 0 Å². The summed E-state index contributed by atoms with van der Waals surface area (Å²) in [5.41, 5.74) is 6.28. The predicted octanol–water partition coefficient (Wildman–Crippen LogP) is 7.67. The Hall–Kier alpha value is -2.24. The van der Waals surface area contributed by atoms with Crippen LogP contribution in [0.1, 0.15) is 131 Å². The van der Waals surface area contributed by atoms with Crippen LogP contribution < -0.4 is 4.74 Å². The Morgan fingerprint density at radius 2 is 1.19 bits per heavy atom. The van der Waals surface area contributed by atoms with E-state index < -0.39 is 0 Å². The van der Waals surface area contributed by atoms with Gasteiger partial charge in [-0.1, -0.05) is 13.8 Å². The molecule has 5 heteroatoms. The number of hydrogen-bond acceptors (Lipinski definition) is 5. The summed E-state index contributed by atoms with van der Waals surface area (Å²) in [6, 6.07) is 7.71. The Kier molecular flexibility index (Phi) is 6.49. The van der Waals surface area contributed by atoms with E-state index in [2.05, 4.69) is 20.8 Å². The quantitative estimate of drug-likeness (QED) is 0.296. The van der Waals surface area contributed by atoms with Crippen LogP contribution in [0.25, 0.3) is 0 Å². The summed E-state index contributed by atoms with van der Waals surface area (Å²) in [7, 11) is 0. The summed E-state index contributed by atoms with van der Waals surface area (Å²) < 4.78 is 6.95. The zero-order valence-corrected chi connectivity index (χ0v) is 26.2. The van der Waals surface area contributed by atoms with Crippen molar-refractivity contribution < 1.29 is 25.2 Å². The van der Waals surface area contributed by atoms with Crippen molar-refractivity contribution in [2.75, 3.05) is 0 Å². The molecule has 0 bridgehead atoms. The van der Waals surface area contributed by atoms with Gasteiger partial charge in [0, 0.05) is 11.6 Å². The van der Waals surface area contributed by atoms with Gasteiger partial charge in [0.25, 0.3) is 0 Å². The lowest BCUT2D eigenvalue weighted by Crippen LogP contribution is -2.44. The first-order chi connectivity index (χ1) is 20.6. The zero-order chi connectivity index (χ0) is 29.8. The molecule has 0 radical (unpaired) electrons. The molecule has 11 atom stereocenters. The number of benzene rings is 2. The first-order valence-electron chi connectivity index (χ1n) is 17.3. The number of hydrogen-bond donors (Lipinski definition) is 4. The van der Waals surface area contributed by atoms with E-state index >= 15 is 0 Å². The highest BCUT2D eigenvalue weighted by Crippen LogP contribution is 2.64. The van der Waals surface area contributed by atoms with Gasteiger partial charge >= 0.3 is 0 Å². The van der Waals surface area contributed by atoms with E-state index in [-0.39, 0.29) is 34.9 Å². The minimum absolute atomic E-state index is 0.0203. The zero-order valence-electron chi connectivity index (χ0n) is 26.2. The van der Waals surface area contributed by atoms with Crippen molar-refractivity contribution in [3.05, 3.63) is 52.1 Å². The SMILES string of the molecule is CC(Oc1cc(O)cc2c1[C@H]1CC[C@]3(C)[C@@H](O)CC[C@H]3[C@H]1CC2)c1cc(O)cc2c1[C@H]1CC[C@]3(C)[C@@H](O)CC[C@H]3[C@@H]1CC2. The second kappa shape index (κ2) is 9.88. The maximum Gasteiger partial charge on any atom is 0.127 e. The van der Waals surface area contributed by atoms with Gasteiger partial charge in [-0.15, -0.1) is 0 Å². The van der Waals surface area contributed by atoms with Gasteiger partial charge in [-0.25, -0.2) is 0 Å². The molecule has 0 aliphatic heterocycles. The lowest BCUT2D eigenvalue weighted by molar-refractivity contribution is -0.0234. The van der Waals surface area contributed by atoms with Crippen LogP contribution in [0, 0.1) is 34.5 Å². The Balaban J connectivity index is 1.14. The normalized spacial score (nSPS) is 41.7. The van der Waals surface area contributed by atoms with Crippen LogP contribution >= 0.6 is 0 Å². The molecular weight excluding hydrogens is 536 g/mol. The summed E-state index contributed by atoms with van der Waals surface area (Å²) in [5, 5.41) is 43.5. The molecule has 8 rings (SSSR count). The van der Waals surface area contributed by atoms with Crippen molar-refractivity contribution >= 4 is 0 Å². The summed E-state index contributed by atoms with van der Waals surface area (Å²) >= 11 is 0. The fourth-order valence-corrected chi connectivity index (χ4v) is 12.0. The van der Waals surface area contributed by atoms with Crippen molar-refractivity contribution in [2.24, 2.45) is 34.5 Å². The highest BCUT2D eigenvalue weighted by Gasteiger charge is 2.56. The number of phenols is 2. The average Bonchev–Trinajstić information content (AvgIpc) is 3.46. The third kappa shape index (κ3) is 4.09. The van der Waals surface area contributed by atoms with Gasteiger partial charge in [0.1, 0.15) is 23.4 Å². The average molecular weight is 587 g/mol. The van der Waals surface area contributed by atoms with Crippen molar-refractivity contribution in [3.63, 3.8) is 0 Å². The number of phenolic OH excluding ortho intramolecular Hbond substituents is 2. The molecule has 4 fully saturated rings. The number of rotatable bonds is 3. The molecule has 2 aromatic rings. The van der Waals surface area contributed by atoms with Crippen molar-refractivity contribution in [3.8, 4) is 17.2 Å². The molecule has 0 saturated heterocycles. The van der Waals surface area contributed by atoms with E-state index in [1.807, 2.05) is 24.3 Å². The molecule has 1 unspecified atom stereocenters. The summed E-state index contributed by atoms with van der Waals surface area (Å²) in [6.07, 6.45) is 11.8. The van der Waals surface area contributed by atoms with E-state index in [1.54, 1.807) is 0 Å². The van der Waals surface area contributed by atoms with Gasteiger partial charge in [0.05, 0.1) is 12.2 Å². The van der Waals surface area contributed by atoms with Gasteiger partial charge < -0.3 is 25.2 Å². The molecular formula is C38H50O5. The van der Waals surface area contributed by atoms with Crippen LogP contribution in [0.5, 0.6) is 17.2 Å². The molecule has 0 spiro atoms. The molecule has 4 N–H and O–H groups in total. The van der Waals surface area contributed by atoms with Gasteiger partial charge in [-0.05, 0) is 171 Å². The molecule has 43 heavy (non-hydrogen) atoms. The summed E-state index contributed by atoms with van der Waals surface area (Å²) in [5.74, 6) is 4.39. The predicted molar refractivity (Wildman–Crippen MR) is 167 cm³/mol. The summed E-state index contributed by atoms with van der Waals surface area (Å²) in [6.45, 7) is 6.76. The van der Waals surface area contributed by atoms with E-state index in [0.29, 0.717) is 41.3 Å². The Labute approximate surface area is 256 Å². The minimum atomic E-state index is -0.268. The smallest absolute Gasteiger partial charge is 0.127 e. The second-order valence-corrected chi connectivity index (χ2v) is 16.0. The molecule has 0 heterocycles. The minimum Gasteiger partial charge on any atom is -0.508 e. The Morgan fingerprint density at radius 1 is 0.674 bits per heavy atom. The monoisotopic (exact) mass is 586 g/mol. The van der Waals surface area contributed by atoms with Crippen LogP contribution in [-0.2, 0) is 12.8 Å². The number of aliphatic hydroxyl groups excluding tert-OH is 2. The third-order valence-corrected chi connectivity index (χ3v) is 14.2. The van der Waals surface area contributed by atoms with Crippen LogP contribution in [0.15, 0.2) is 24.3 Å². The first kappa shape index (κ1) is 28.2. The standard InChI is InChI=1S/C38H50O5/c1-20(29-18-23(39)16-21-4-6-25-27(35(21)29)12-14-37(2)30(25)8-10-33(37)41)43-32-19-24(40)17-22-5-7-26-28(36(22)32)13-15-38(3)31(26)9-11-34(38)42/h16-20,25-28,30-31,33-34,39-42H,4-15H2,1-3H3/t20?,25-,26+,27+,28+,30+,31+,33+,34+,37+,38+/m1/s1. The van der Waals surface area contributed by atoms with Crippen molar-refractivity contribution in [2.45, 2.75) is 128 Å². The van der Waals surface area contributed by atoms with Crippen LogP contribution in [0.3, 0.4) is 0 Å². The Morgan fingerprint density at radius 3 is 1.77 bits per heavy atom. The van der Waals surface area contributed by atoms with Gasteiger partial charge in [0.2, 0.25) is 0 Å². The van der Waals surface area contributed by atoms with Crippen molar-refractivity contribution in [1.29, 1.82) is 0 Å². The van der Waals surface area contributed by atoms with Crippen LogP contribution in [0.4, 0.5) is 0 Å². The third-order valence-electron chi connectivity index (χ3n) is 14.2. The van der Waals surface area contributed by atoms with E-state index in [9.17, 15) is 20.4 Å². The fraction of sp³-hybridized carbons (Fsp3) is 0.684. The molecule has 6 aliphatic rings. The number of ether oxygens (including phenoxy) is 1. The van der Waals surface area contributed by atoms with E-state index in [4.69, 9.17) is 4.74 Å². The molecule has 232 valence electrons. The van der Waals surface area contributed by atoms with E-state index in [0.717, 1.165) is 88.4 Å². The first-order valence-corrected chi connectivity index (χ1v) is 17.3. The lowest BCUT2D eigenvalue weighted by Gasteiger charge is -2.51. The lowest BCUT2D eigenvalue weighted by atomic mass is 9.55. The molecule has 0 aromatic heterocycles. The molecule has 0 amide bonds. The van der Waals surface area contributed by atoms with E-state index in [1.165, 1.54) is 22.3 Å². The Bertz CT molecular complexity index is 1430. The second-order valence-electron chi connectivity index (χ2n) is 16.0. The number of aromatic hydroxyl groups is 2. The maximum atomic E-state index is 10.9. The molecule has 6 aliphatic carbocycles. The highest BCUT2D eigenvalue weighted by molar-refractivity contribution is 5.52. The highest BCUT2D eigenvalue weighted by atomic mass is 16.5. The number of fused-ring (bicyclic) bond motifs is 10. The van der Waals surface area contributed by atoms with Crippen molar-refractivity contribution in [1.82, 2.24) is 0 Å². The number of aryl methyl sites for hydroxylation is 2. The maximum absolute atomic E-state index is 10.9. The van der Waals surface area contributed by atoms with Gasteiger partial charge in [-0.3, -0.25) is 0 Å². The molecule has 5 nitrogen and oxygen atoms in total. The number of aliphatic hydroxyl groups is 2. The fourth-order valence-electron chi connectivity index (χ4n) is 12.0. The largest absolute Gasteiger partial charge is 0.508 e. The van der Waals surface area contributed by atoms with Gasteiger partial charge in [0.15, 0.2) is 0 Å². The molecule has 2 aromatic carbocycles. The topological polar surface area (TPSA) is 90.2 Å².